The summed E-state index contributed by atoms with van der Waals surface area (Å²) in [6.45, 7) is 3.03. The van der Waals surface area contributed by atoms with Gasteiger partial charge >= 0.3 is 0 Å². The van der Waals surface area contributed by atoms with Crippen LogP contribution in [0.1, 0.15) is 47.2 Å². The Bertz CT molecular complexity index is 1410. The number of halogens is 3. The predicted molar refractivity (Wildman–Crippen MR) is 173 cm³/mol. The molecule has 2 saturated heterocycles. The molecule has 0 radical (unpaired) electrons. The van der Waals surface area contributed by atoms with Gasteiger partial charge in [0, 0.05) is 25.0 Å². The van der Waals surface area contributed by atoms with Gasteiger partial charge in [-0.2, -0.15) is 0 Å². The summed E-state index contributed by atoms with van der Waals surface area (Å²) in [4.78, 5) is 29.6. The third-order valence-corrected chi connectivity index (χ3v) is 9.66. The molecule has 2 aliphatic rings. The molecule has 5 rings (SSSR count). The number of nitrogens with zero attached hydrogens (tertiary/aromatic N) is 1. The minimum absolute atomic E-state index is 0. The standard InChI is InChI=1S/C33H37Cl2N3O4.ClH/c1-41-27-9-6-10-28(42-2)29(27)30(39)38-20-16-32(22-38,24-11-12-25(34)26(35)21-24)13-19-37-31(40)33(14-17-36-18-15-33)23-7-4-3-5-8-23;/h3-12,21,36H,13-20,22H2,1-2H3,(H,37,40);1H. The molecule has 3 aromatic carbocycles. The molecule has 2 aliphatic heterocycles. The molecule has 43 heavy (non-hydrogen) atoms. The van der Waals surface area contributed by atoms with Crippen LogP contribution in [0, 0.1) is 0 Å². The summed E-state index contributed by atoms with van der Waals surface area (Å²) in [5, 5.41) is 7.61. The molecular formula is C33H38Cl3N3O4. The molecule has 2 N–H and O–H groups in total. The van der Waals surface area contributed by atoms with E-state index < -0.39 is 10.8 Å². The predicted octanol–water partition coefficient (Wildman–Crippen LogP) is 6.04. The van der Waals surface area contributed by atoms with Crippen molar-refractivity contribution >= 4 is 47.4 Å². The van der Waals surface area contributed by atoms with E-state index in [2.05, 4.69) is 22.8 Å². The van der Waals surface area contributed by atoms with E-state index in [0.717, 1.165) is 37.1 Å². The normalized spacial score (nSPS) is 19.3. The Hall–Kier alpha value is -2.97. The van der Waals surface area contributed by atoms with Gasteiger partial charge in [-0.15, -0.1) is 12.4 Å². The van der Waals surface area contributed by atoms with E-state index in [-0.39, 0.29) is 24.2 Å². The molecule has 0 spiro atoms. The lowest BCUT2D eigenvalue weighted by atomic mass is 9.72. The van der Waals surface area contributed by atoms with Crippen LogP contribution in [0.2, 0.25) is 10.0 Å². The van der Waals surface area contributed by atoms with E-state index in [9.17, 15) is 9.59 Å². The number of ether oxygens (including phenoxy) is 2. The number of carbonyl (C=O) groups is 2. The van der Waals surface area contributed by atoms with Crippen molar-refractivity contribution in [2.24, 2.45) is 0 Å². The first-order valence-corrected chi connectivity index (χ1v) is 15.1. The number of rotatable bonds is 9. The van der Waals surface area contributed by atoms with Crippen LogP contribution in [0.3, 0.4) is 0 Å². The summed E-state index contributed by atoms with van der Waals surface area (Å²) in [5.41, 5.74) is 1.44. The van der Waals surface area contributed by atoms with Crippen molar-refractivity contribution in [3.8, 4) is 11.5 Å². The van der Waals surface area contributed by atoms with Gasteiger partial charge in [0.2, 0.25) is 5.91 Å². The molecule has 10 heteroatoms. The van der Waals surface area contributed by atoms with Gasteiger partial charge in [-0.05, 0) is 74.2 Å². The Kier molecular flexibility index (Phi) is 10.9. The summed E-state index contributed by atoms with van der Waals surface area (Å²) in [6, 6.07) is 21.0. The zero-order valence-electron chi connectivity index (χ0n) is 24.5. The molecule has 3 aromatic rings. The van der Waals surface area contributed by atoms with E-state index in [0.29, 0.717) is 59.6 Å². The monoisotopic (exact) mass is 645 g/mol. The first-order valence-electron chi connectivity index (χ1n) is 14.3. The number of hydrogen-bond donors (Lipinski definition) is 2. The summed E-state index contributed by atoms with van der Waals surface area (Å²) < 4.78 is 11.0. The van der Waals surface area contributed by atoms with E-state index in [1.165, 1.54) is 0 Å². The number of likely N-dealkylation sites (tertiary alicyclic amines) is 1. The van der Waals surface area contributed by atoms with Gasteiger partial charge < -0.3 is 25.0 Å². The second-order valence-electron chi connectivity index (χ2n) is 11.1. The average Bonchev–Trinajstić information content (AvgIpc) is 3.47. The Morgan fingerprint density at radius 3 is 2.19 bits per heavy atom. The highest BCUT2D eigenvalue weighted by molar-refractivity contribution is 6.42. The minimum atomic E-state index is -0.568. The minimum Gasteiger partial charge on any atom is -0.496 e. The molecule has 1 atom stereocenters. The van der Waals surface area contributed by atoms with Crippen LogP contribution in [0.25, 0.3) is 0 Å². The Morgan fingerprint density at radius 2 is 1.56 bits per heavy atom. The van der Waals surface area contributed by atoms with Crippen molar-refractivity contribution in [2.45, 2.75) is 36.5 Å². The third kappa shape index (κ3) is 6.60. The highest BCUT2D eigenvalue weighted by Crippen LogP contribution is 2.42. The average molecular weight is 647 g/mol. The molecular weight excluding hydrogens is 609 g/mol. The largest absolute Gasteiger partial charge is 0.496 e. The third-order valence-electron chi connectivity index (χ3n) is 8.92. The van der Waals surface area contributed by atoms with Gasteiger partial charge in [-0.1, -0.05) is 65.7 Å². The quantitative estimate of drug-likeness (QED) is 0.296. The van der Waals surface area contributed by atoms with Crippen LogP contribution in [-0.2, 0) is 15.6 Å². The van der Waals surface area contributed by atoms with Gasteiger partial charge in [-0.25, -0.2) is 0 Å². The highest BCUT2D eigenvalue weighted by atomic mass is 35.5. The van der Waals surface area contributed by atoms with Crippen LogP contribution in [0.4, 0.5) is 0 Å². The van der Waals surface area contributed by atoms with Crippen molar-refractivity contribution in [1.82, 2.24) is 15.5 Å². The van der Waals surface area contributed by atoms with Crippen molar-refractivity contribution in [3.05, 3.63) is 93.5 Å². The molecule has 0 bridgehead atoms. The van der Waals surface area contributed by atoms with Crippen molar-refractivity contribution in [3.63, 3.8) is 0 Å². The first kappa shape index (κ1) is 32.9. The summed E-state index contributed by atoms with van der Waals surface area (Å²) in [7, 11) is 3.09. The van der Waals surface area contributed by atoms with Gasteiger partial charge in [-0.3, -0.25) is 9.59 Å². The van der Waals surface area contributed by atoms with Crippen molar-refractivity contribution < 1.29 is 19.1 Å². The number of methoxy groups -OCH3 is 2. The summed E-state index contributed by atoms with van der Waals surface area (Å²) in [6.07, 6.45) is 2.82. The first-order chi connectivity index (χ1) is 20.3. The zero-order chi connectivity index (χ0) is 29.7. The van der Waals surface area contributed by atoms with Crippen molar-refractivity contribution in [2.75, 3.05) is 46.9 Å². The zero-order valence-corrected chi connectivity index (χ0v) is 26.8. The number of benzene rings is 3. The number of nitrogens with one attached hydrogen (secondary N) is 2. The molecule has 0 aliphatic carbocycles. The van der Waals surface area contributed by atoms with Crippen LogP contribution in [-0.4, -0.2) is 63.7 Å². The summed E-state index contributed by atoms with van der Waals surface area (Å²) >= 11 is 12.8. The number of carbonyl (C=O) groups excluding carboxylic acids is 2. The molecule has 2 fully saturated rings. The SMILES string of the molecule is COc1cccc(OC)c1C(=O)N1CCC(CCNC(=O)C2(c3ccccc3)CCNCC2)(c2ccc(Cl)c(Cl)c2)C1.Cl. The van der Waals surface area contributed by atoms with Gasteiger partial charge in [0.15, 0.2) is 0 Å². The maximum Gasteiger partial charge on any atom is 0.261 e. The summed E-state index contributed by atoms with van der Waals surface area (Å²) in [5.74, 6) is 0.816. The molecule has 0 aromatic heterocycles. The Balaban J connectivity index is 0.00000423. The number of piperidine rings is 1. The second kappa shape index (κ2) is 14.2. The van der Waals surface area contributed by atoms with Crippen molar-refractivity contribution in [1.29, 1.82) is 0 Å². The lowest BCUT2D eigenvalue weighted by Gasteiger charge is -2.37. The number of amides is 2. The molecule has 230 valence electrons. The highest BCUT2D eigenvalue weighted by Gasteiger charge is 2.44. The van der Waals surface area contributed by atoms with E-state index in [1.807, 2.05) is 35.2 Å². The van der Waals surface area contributed by atoms with Crippen LogP contribution in [0.15, 0.2) is 66.7 Å². The molecule has 0 saturated carbocycles. The molecule has 1 unspecified atom stereocenters. The van der Waals surface area contributed by atoms with Gasteiger partial charge in [0.25, 0.3) is 5.91 Å². The molecule has 2 heterocycles. The van der Waals surface area contributed by atoms with Crippen LogP contribution in [0.5, 0.6) is 11.5 Å². The molecule has 2 amide bonds. The Labute approximate surface area is 269 Å². The lowest BCUT2D eigenvalue weighted by Crippen LogP contribution is -2.51. The maximum absolute atomic E-state index is 13.9. The topological polar surface area (TPSA) is 79.9 Å². The smallest absolute Gasteiger partial charge is 0.261 e. The fraction of sp³-hybridized carbons (Fsp3) is 0.394. The van der Waals surface area contributed by atoms with E-state index >= 15 is 0 Å². The fourth-order valence-corrected chi connectivity index (χ4v) is 6.82. The van der Waals surface area contributed by atoms with E-state index in [4.69, 9.17) is 32.7 Å². The maximum atomic E-state index is 13.9. The fourth-order valence-electron chi connectivity index (χ4n) is 6.52. The number of hydrogen-bond acceptors (Lipinski definition) is 5. The second-order valence-corrected chi connectivity index (χ2v) is 11.9. The van der Waals surface area contributed by atoms with E-state index in [1.54, 1.807) is 38.5 Å². The lowest BCUT2D eigenvalue weighted by molar-refractivity contribution is -0.127. The Morgan fingerprint density at radius 1 is 0.884 bits per heavy atom. The van der Waals surface area contributed by atoms with Crippen LogP contribution < -0.4 is 20.1 Å². The molecule has 7 nitrogen and oxygen atoms in total. The van der Waals surface area contributed by atoms with Gasteiger partial charge in [0.1, 0.15) is 17.1 Å². The van der Waals surface area contributed by atoms with Crippen LogP contribution >= 0.6 is 35.6 Å². The van der Waals surface area contributed by atoms with Gasteiger partial charge in [0.05, 0.1) is 29.7 Å².